The monoisotopic (exact) mass is 419 g/mol. The molecular formula is C22H20F3NO4. The van der Waals surface area contributed by atoms with E-state index in [9.17, 15) is 18.0 Å². The molecule has 2 aromatic rings. The van der Waals surface area contributed by atoms with Crippen LogP contribution in [0.3, 0.4) is 0 Å². The number of fused-ring (bicyclic) bond motifs is 2. The molecule has 1 amide bonds. The van der Waals surface area contributed by atoms with E-state index in [-0.39, 0.29) is 24.4 Å². The highest BCUT2D eigenvalue weighted by Gasteiger charge is 2.39. The number of nitrogens with zero attached hydrogens (tertiary/aromatic N) is 1. The Morgan fingerprint density at radius 3 is 2.63 bits per heavy atom. The molecule has 5 nitrogen and oxygen atoms in total. The number of halogens is 3. The smallest absolute Gasteiger partial charge is 0.445 e. The van der Waals surface area contributed by atoms with Crippen LogP contribution in [0, 0.1) is 0 Å². The van der Waals surface area contributed by atoms with Gasteiger partial charge in [0.1, 0.15) is 12.4 Å². The maximum atomic E-state index is 12.7. The molecule has 2 aliphatic rings. The van der Waals surface area contributed by atoms with Crippen LogP contribution in [0.4, 0.5) is 18.0 Å². The third-order valence-corrected chi connectivity index (χ3v) is 5.05. The van der Waals surface area contributed by atoms with Crippen LogP contribution in [0.2, 0.25) is 0 Å². The van der Waals surface area contributed by atoms with Gasteiger partial charge in [0.25, 0.3) is 0 Å². The van der Waals surface area contributed by atoms with E-state index in [1.807, 2.05) is 36.4 Å². The average molecular weight is 419 g/mol. The number of hydrogen-bond acceptors (Lipinski definition) is 4. The van der Waals surface area contributed by atoms with E-state index in [1.165, 1.54) is 18.2 Å². The molecule has 2 aromatic carbocycles. The molecule has 2 aliphatic heterocycles. The Kier molecular flexibility index (Phi) is 5.67. The van der Waals surface area contributed by atoms with Gasteiger partial charge in [-0.1, -0.05) is 48.5 Å². The zero-order chi connectivity index (χ0) is 21.1. The first kappa shape index (κ1) is 20.3. The third-order valence-electron chi connectivity index (χ3n) is 5.05. The van der Waals surface area contributed by atoms with Crippen molar-refractivity contribution in [1.29, 1.82) is 0 Å². The molecule has 0 radical (unpaired) electrons. The number of benzene rings is 2. The maximum Gasteiger partial charge on any atom is 0.573 e. The minimum absolute atomic E-state index is 0.171. The van der Waals surface area contributed by atoms with Crippen LogP contribution in [0.1, 0.15) is 17.5 Å². The Bertz CT molecular complexity index is 929. The molecular weight excluding hydrogens is 399 g/mol. The van der Waals surface area contributed by atoms with Crippen molar-refractivity contribution in [2.24, 2.45) is 0 Å². The van der Waals surface area contributed by atoms with E-state index < -0.39 is 12.5 Å². The first-order valence-electron chi connectivity index (χ1n) is 9.53. The van der Waals surface area contributed by atoms with Gasteiger partial charge in [-0.2, -0.15) is 0 Å². The fourth-order valence-corrected chi connectivity index (χ4v) is 3.78. The van der Waals surface area contributed by atoms with Gasteiger partial charge < -0.3 is 14.2 Å². The van der Waals surface area contributed by atoms with Crippen molar-refractivity contribution in [3.63, 3.8) is 0 Å². The molecule has 1 fully saturated rings. The van der Waals surface area contributed by atoms with Crippen LogP contribution < -0.4 is 4.74 Å². The molecule has 0 N–H and O–H groups in total. The van der Waals surface area contributed by atoms with E-state index in [2.05, 4.69) is 4.74 Å². The fraction of sp³-hybridized carbons (Fsp3) is 0.318. The molecule has 4 rings (SSSR count). The predicted molar refractivity (Wildman–Crippen MR) is 103 cm³/mol. The SMILES string of the molecule is O=C(OCc1ccccc1)N1C2C=C(c3cccc(OC(F)(F)F)c3)CC1COC2. The molecule has 0 aromatic heterocycles. The highest BCUT2D eigenvalue weighted by Crippen LogP contribution is 2.35. The van der Waals surface area contributed by atoms with E-state index >= 15 is 0 Å². The Morgan fingerprint density at radius 1 is 1.10 bits per heavy atom. The van der Waals surface area contributed by atoms with Gasteiger partial charge in [-0.25, -0.2) is 4.79 Å². The van der Waals surface area contributed by atoms with Crippen molar-refractivity contribution in [3.05, 3.63) is 71.8 Å². The van der Waals surface area contributed by atoms with Gasteiger partial charge in [0.05, 0.1) is 25.3 Å². The second-order valence-corrected chi connectivity index (χ2v) is 7.18. The van der Waals surface area contributed by atoms with Crippen LogP contribution in [0.15, 0.2) is 60.7 Å². The summed E-state index contributed by atoms with van der Waals surface area (Å²) in [6.45, 7) is 0.816. The first-order valence-corrected chi connectivity index (χ1v) is 9.53. The van der Waals surface area contributed by atoms with Gasteiger partial charge in [0.2, 0.25) is 0 Å². The molecule has 1 saturated heterocycles. The van der Waals surface area contributed by atoms with E-state index in [0.717, 1.165) is 11.1 Å². The van der Waals surface area contributed by atoms with E-state index in [1.54, 1.807) is 11.0 Å². The topological polar surface area (TPSA) is 48.0 Å². The quantitative estimate of drug-likeness (QED) is 0.716. The highest BCUT2D eigenvalue weighted by molar-refractivity contribution is 5.75. The van der Waals surface area contributed by atoms with Gasteiger partial charge in [-0.05, 0) is 35.3 Å². The van der Waals surface area contributed by atoms with Crippen LogP contribution in [0.5, 0.6) is 5.75 Å². The van der Waals surface area contributed by atoms with E-state index in [0.29, 0.717) is 25.2 Å². The van der Waals surface area contributed by atoms with Gasteiger partial charge >= 0.3 is 12.5 Å². The maximum absolute atomic E-state index is 12.7. The van der Waals surface area contributed by atoms with Crippen LogP contribution >= 0.6 is 0 Å². The Hall–Kier alpha value is -3.00. The summed E-state index contributed by atoms with van der Waals surface area (Å²) in [5, 5.41) is 0. The lowest BCUT2D eigenvalue weighted by molar-refractivity contribution is -0.274. The minimum Gasteiger partial charge on any atom is -0.445 e. The van der Waals surface area contributed by atoms with Gasteiger partial charge in [-0.15, -0.1) is 13.2 Å². The summed E-state index contributed by atoms with van der Waals surface area (Å²) >= 11 is 0. The summed E-state index contributed by atoms with van der Waals surface area (Å²) in [5.41, 5.74) is 2.38. The molecule has 0 saturated carbocycles. The summed E-state index contributed by atoms with van der Waals surface area (Å²) in [5.74, 6) is -0.271. The zero-order valence-electron chi connectivity index (χ0n) is 16.0. The van der Waals surface area contributed by atoms with Crippen LogP contribution in [-0.2, 0) is 16.1 Å². The Balaban J connectivity index is 1.49. The number of ether oxygens (including phenoxy) is 3. The van der Waals surface area contributed by atoms with Gasteiger partial charge in [0, 0.05) is 0 Å². The zero-order valence-corrected chi connectivity index (χ0v) is 16.0. The molecule has 0 aliphatic carbocycles. The van der Waals surface area contributed by atoms with Crippen molar-refractivity contribution in [3.8, 4) is 5.75 Å². The van der Waals surface area contributed by atoms with Crippen molar-refractivity contribution in [1.82, 2.24) is 4.90 Å². The highest BCUT2D eigenvalue weighted by atomic mass is 19.4. The molecule has 158 valence electrons. The van der Waals surface area contributed by atoms with Gasteiger partial charge in [-0.3, -0.25) is 4.90 Å². The molecule has 2 atom stereocenters. The second-order valence-electron chi connectivity index (χ2n) is 7.18. The number of morpholine rings is 1. The number of rotatable bonds is 4. The molecule has 2 unspecified atom stereocenters. The number of carbonyl (C=O) groups excluding carboxylic acids is 1. The number of carbonyl (C=O) groups is 1. The third kappa shape index (κ3) is 4.76. The van der Waals surface area contributed by atoms with Crippen LogP contribution in [0.25, 0.3) is 5.57 Å². The standard InChI is InChI=1S/C22H20F3NO4/c23-22(24,25)30-20-8-4-7-16(11-20)17-9-18-13-28-14-19(10-17)26(18)21(27)29-12-15-5-2-1-3-6-15/h1-9,11,18-19H,10,12-14H2. The predicted octanol–water partition coefficient (Wildman–Crippen LogP) is 4.78. The normalized spacial score (nSPS) is 21.0. The minimum atomic E-state index is -4.75. The lowest BCUT2D eigenvalue weighted by Gasteiger charge is -2.43. The fourth-order valence-electron chi connectivity index (χ4n) is 3.78. The molecule has 2 bridgehead atoms. The van der Waals surface area contributed by atoms with Crippen molar-refractivity contribution < 1.29 is 32.2 Å². The number of amides is 1. The summed E-state index contributed by atoms with van der Waals surface area (Å²) in [4.78, 5) is 14.4. The van der Waals surface area contributed by atoms with Crippen LogP contribution in [-0.4, -0.2) is 42.7 Å². The largest absolute Gasteiger partial charge is 0.573 e. The summed E-state index contributed by atoms with van der Waals surface area (Å²) in [6, 6.07) is 14.7. The summed E-state index contributed by atoms with van der Waals surface area (Å²) in [7, 11) is 0. The molecule has 8 heteroatoms. The van der Waals surface area contributed by atoms with Gasteiger partial charge in [0.15, 0.2) is 0 Å². The first-order chi connectivity index (χ1) is 14.4. The second kappa shape index (κ2) is 8.39. The molecule has 2 heterocycles. The van der Waals surface area contributed by atoms with Crippen molar-refractivity contribution in [2.45, 2.75) is 31.5 Å². The summed E-state index contributed by atoms with van der Waals surface area (Å²) in [6.07, 6.45) is -2.87. The Morgan fingerprint density at radius 2 is 1.90 bits per heavy atom. The summed E-state index contributed by atoms with van der Waals surface area (Å²) < 4.78 is 52.7. The van der Waals surface area contributed by atoms with E-state index in [4.69, 9.17) is 9.47 Å². The van der Waals surface area contributed by atoms with Crippen molar-refractivity contribution >= 4 is 11.7 Å². The molecule has 0 spiro atoms. The number of alkyl halides is 3. The number of hydrogen-bond donors (Lipinski definition) is 0. The lowest BCUT2D eigenvalue weighted by atomic mass is 9.90. The van der Waals surface area contributed by atoms with Crippen molar-refractivity contribution in [2.75, 3.05) is 13.2 Å². The molecule has 30 heavy (non-hydrogen) atoms. The lowest BCUT2D eigenvalue weighted by Crippen LogP contribution is -2.56. The Labute approximate surface area is 171 Å². The average Bonchev–Trinajstić information content (AvgIpc) is 2.71.